The van der Waals surface area contributed by atoms with Gasteiger partial charge >= 0.3 is 0 Å². The van der Waals surface area contributed by atoms with Gasteiger partial charge < -0.3 is 10.5 Å². The number of rotatable bonds is 3. The van der Waals surface area contributed by atoms with Crippen LogP contribution in [-0.4, -0.2) is 43.3 Å². The van der Waals surface area contributed by atoms with Gasteiger partial charge in [-0.25, -0.2) is 0 Å². The second-order valence-corrected chi connectivity index (χ2v) is 5.54. The normalized spacial score (nSPS) is 40.4. The zero-order valence-corrected chi connectivity index (χ0v) is 10.5. The Balaban J connectivity index is 1.84. The van der Waals surface area contributed by atoms with Crippen LogP contribution in [0.1, 0.15) is 26.2 Å². The second-order valence-electron chi connectivity index (χ2n) is 5.54. The summed E-state index contributed by atoms with van der Waals surface area (Å²) in [5, 5.41) is 0. The van der Waals surface area contributed by atoms with Crippen LogP contribution >= 0.6 is 0 Å². The van der Waals surface area contributed by atoms with Gasteiger partial charge in [0.05, 0.1) is 5.60 Å². The van der Waals surface area contributed by atoms with Crippen LogP contribution in [0.25, 0.3) is 0 Å². The lowest BCUT2D eigenvalue weighted by molar-refractivity contribution is -0.0525. The summed E-state index contributed by atoms with van der Waals surface area (Å²) in [4.78, 5) is 2.53. The highest BCUT2D eigenvalue weighted by molar-refractivity contribution is 5.05. The zero-order valence-electron chi connectivity index (χ0n) is 10.5. The maximum absolute atomic E-state index is 5.88. The van der Waals surface area contributed by atoms with E-state index in [9.17, 15) is 0 Å². The Morgan fingerprint density at radius 2 is 2.31 bits per heavy atom. The number of likely N-dealkylation sites (tertiary alicyclic amines) is 1. The van der Waals surface area contributed by atoms with Crippen LogP contribution < -0.4 is 5.73 Å². The van der Waals surface area contributed by atoms with Crippen LogP contribution in [0.3, 0.4) is 0 Å². The SMILES string of the molecule is COC1(C)CCCN(CC2C=CC(N)C2)C1. The molecule has 1 heterocycles. The Kier molecular flexibility index (Phi) is 3.67. The van der Waals surface area contributed by atoms with E-state index in [2.05, 4.69) is 24.0 Å². The van der Waals surface area contributed by atoms with E-state index < -0.39 is 0 Å². The van der Waals surface area contributed by atoms with Crippen molar-refractivity contribution < 1.29 is 4.74 Å². The standard InChI is InChI=1S/C13H24N2O/c1-13(16-2)6-3-7-15(10-13)9-11-4-5-12(14)8-11/h4-5,11-12H,3,6-10,14H2,1-2H3. The van der Waals surface area contributed by atoms with Gasteiger partial charge in [0.15, 0.2) is 0 Å². The smallest absolute Gasteiger partial charge is 0.0777 e. The largest absolute Gasteiger partial charge is 0.377 e. The third kappa shape index (κ3) is 2.84. The van der Waals surface area contributed by atoms with Crippen molar-refractivity contribution in [3.63, 3.8) is 0 Å². The molecule has 0 amide bonds. The van der Waals surface area contributed by atoms with Crippen LogP contribution in [0.2, 0.25) is 0 Å². The monoisotopic (exact) mass is 224 g/mol. The van der Waals surface area contributed by atoms with Gasteiger partial charge in [-0.1, -0.05) is 12.2 Å². The quantitative estimate of drug-likeness (QED) is 0.736. The molecule has 92 valence electrons. The summed E-state index contributed by atoms with van der Waals surface area (Å²) in [5.41, 5.74) is 5.94. The van der Waals surface area contributed by atoms with Crippen LogP contribution in [0.15, 0.2) is 12.2 Å². The van der Waals surface area contributed by atoms with E-state index in [4.69, 9.17) is 10.5 Å². The summed E-state index contributed by atoms with van der Waals surface area (Å²) < 4.78 is 5.61. The number of nitrogens with two attached hydrogens (primary N) is 1. The molecule has 0 spiro atoms. The molecule has 0 bridgehead atoms. The summed E-state index contributed by atoms with van der Waals surface area (Å²) in [6.07, 6.45) is 7.96. The molecule has 0 aromatic heterocycles. The Hall–Kier alpha value is -0.380. The van der Waals surface area contributed by atoms with Crippen LogP contribution in [0, 0.1) is 5.92 Å². The van der Waals surface area contributed by atoms with E-state index in [1.54, 1.807) is 0 Å². The van der Waals surface area contributed by atoms with Gasteiger partial charge in [0.2, 0.25) is 0 Å². The maximum atomic E-state index is 5.88. The van der Waals surface area contributed by atoms with E-state index in [1.807, 2.05) is 7.11 Å². The van der Waals surface area contributed by atoms with Crippen molar-refractivity contribution in [3.05, 3.63) is 12.2 Å². The highest BCUT2D eigenvalue weighted by Gasteiger charge is 2.31. The molecule has 1 aliphatic heterocycles. The van der Waals surface area contributed by atoms with E-state index in [0.29, 0.717) is 5.92 Å². The molecule has 2 N–H and O–H groups in total. The van der Waals surface area contributed by atoms with Crippen molar-refractivity contribution in [2.45, 2.75) is 37.8 Å². The number of nitrogens with zero attached hydrogens (tertiary/aromatic N) is 1. The first-order valence-electron chi connectivity index (χ1n) is 6.33. The minimum absolute atomic E-state index is 0.0582. The molecule has 3 heteroatoms. The Bertz CT molecular complexity index is 267. The third-order valence-corrected chi connectivity index (χ3v) is 3.93. The summed E-state index contributed by atoms with van der Waals surface area (Å²) in [6.45, 7) is 5.63. The molecule has 0 saturated carbocycles. The molecule has 3 nitrogen and oxygen atoms in total. The summed E-state index contributed by atoms with van der Waals surface area (Å²) in [6, 6.07) is 0.281. The van der Waals surface area contributed by atoms with Gasteiger partial charge in [0.25, 0.3) is 0 Å². The van der Waals surface area contributed by atoms with Crippen molar-refractivity contribution in [2.75, 3.05) is 26.7 Å². The molecule has 1 aliphatic carbocycles. The maximum Gasteiger partial charge on any atom is 0.0777 e. The molecule has 16 heavy (non-hydrogen) atoms. The van der Waals surface area contributed by atoms with Crippen molar-refractivity contribution in [2.24, 2.45) is 11.7 Å². The van der Waals surface area contributed by atoms with E-state index in [0.717, 1.165) is 19.5 Å². The van der Waals surface area contributed by atoms with Crippen molar-refractivity contribution in [1.29, 1.82) is 0 Å². The number of hydrogen-bond donors (Lipinski definition) is 1. The lowest BCUT2D eigenvalue weighted by Gasteiger charge is -2.40. The first-order valence-corrected chi connectivity index (χ1v) is 6.33. The van der Waals surface area contributed by atoms with Gasteiger partial charge in [0.1, 0.15) is 0 Å². The predicted octanol–water partition coefficient (Wildman–Crippen LogP) is 1.39. The van der Waals surface area contributed by atoms with E-state index in [-0.39, 0.29) is 11.6 Å². The van der Waals surface area contributed by atoms with E-state index in [1.165, 1.54) is 19.4 Å². The van der Waals surface area contributed by atoms with Crippen molar-refractivity contribution >= 4 is 0 Å². The number of hydrogen-bond acceptors (Lipinski definition) is 3. The number of piperidine rings is 1. The first kappa shape index (κ1) is 12.1. The number of methoxy groups -OCH3 is 1. The predicted molar refractivity (Wildman–Crippen MR) is 66.3 cm³/mol. The van der Waals surface area contributed by atoms with E-state index >= 15 is 0 Å². The number of ether oxygens (including phenoxy) is 1. The fourth-order valence-corrected chi connectivity index (χ4v) is 2.90. The van der Waals surface area contributed by atoms with Gasteiger partial charge in [-0.15, -0.1) is 0 Å². The fourth-order valence-electron chi connectivity index (χ4n) is 2.90. The van der Waals surface area contributed by atoms with Gasteiger partial charge in [-0.05, 0) is 38.6 Å². The Morgan fingerprint density at radius 1 is 1.50 bits per heavy atom. The third-order valence-electron chi connectivity index (χ3n) is 3.93. The fraction of sp³-hybridized carbons (Fsp3) is 0.846. The van der Waals surface area contributed by atoms with Gasteiger partial charge in [-0.2, -0.15) is 0 Å². The van der Waals surface area contributed by atoms with Crippen LogP contribution in [-0.2, 0) is 4.74 Å². The summed E-state index contributed by atoms with van der Waals surface area (Å²) in [5.74, 6) is 0.647. The van der Waals surface area contributed by atoms with Gasteiger partial charge in [0, 0.05) is 26.2 Å². The average Bonchev–Trinajstić information content (AvgIpc) is 2.64. The molecule has 2 aliphatic rings. The molecule has 2 rings (SSSR count). The molecule has 1 fully saturated rings. The van der Waals surface area contributed by atoms with Crippen LogP contribution in [0.4, 0.5) is 0 Å². The molecule has 3 unspecified atom stereocenters. The minimum atomic E-state index is 0.0582. The average molecular weight is 224 g/mol. The summed E-state index contributed by atoms with van der Waals surface area (Å²) in [7, 11) is 1.83. The molecule has 3 atom stereocenters. The molecule has 0 aromatic carbocycles. The van der Waals surface area contributed by atoms with Crippen molar-refractivity contribution in [3.8, 4) is 0 Å². The molecule has 0 aromatic rings. The minimum Gasteiger partial charge on any atom is -0.377 e. The molecule has 0 radical (unpaired) electrons. The lowest BCUT2D eigenvalue weighted by Crippen LogP contribution is -2.48. The molecular formula is C13H24N2O. The van der Waals surface area contributed by atoms with Crippen LogP contribution in [0.5, 0.6) is 0 Å². The topological polar surface area (TPSA) is 38.5 Å². The Morgan fingerprint density at radius 3 is 2.94 bits per heavy atom. The summed E-state index contributed by atoms with van der Waals surface area (Å²) >= 11 is 0. The molecule has 1 saturated heterocycles. The lowest BCUT2D eigenvalue weighted by atomic mass is 9.93. The van der Waals surface area contributed by atoms with Gasteiger partial charge in [-0.3, -0.25) is 4.90 Å². The Labute approximate surface area is 98.6 Å². The highest BCUT2D eigenvalue weighted by Crippen LogP contribution is 2.26. The van der Waals surface area contributed by atoms with Crippen molar-refractivity contribution in [1.82, 2.24) is 4.90 Å². The molecular weight excluding hydrogens is 200 g/mol. The highest BCUT2D eigenvalue weighted by atomic mass is 16.5. The zero-order chi connectivity index (χ0) is 11.6. The second kappa shape index (κ2) is 4.86. The first-order chi connectivity index (χ1) is 7.61.